The van der Waals surface area contributed by atoms with Gasteiger partial charge in [-0.25, -0.2) is 15.0 Å². The fraction of sp³-hybridized carbons (Fsp3) is 0.533. The molecule has 0 fully saturated rings. The van der Waals surface area contributed by atoms with Gasteiger partial charge in [-0.15, -0.1) is 0 Å². The van der Waals surface area contributed by atoms with Gasteiger partial charge in [-0.05, 0) is 6.42 Å². The van der Waals surface area contributed by atoms with Crippen molar-refractivity contribution in [2.24, 2.45) is 0 Å². The number of hydrogen-bond acceptors (Lipinski definition) is 4. The van der Waals surface area contributed by atoms with E-state index in [1.54, 1.807) is 0 Å². The van der Waals surface area contributed by atoms with E-state index in [9.17, 15) is 0 Å². The first-order valence-corrected chi connectivity index (χ1v) is 7.04. The molecule has 2 aromatic heterocycles. The number of aromatic nitrogens is 4. The van der Waals surface area contributed by atoms with Crippen LogP contribution in [0.15, 0.2) is 18.5 Å². The molecule has 0 atom stereocenters. The van der Waals surface area contributed by atoms with Gasteiger partial charge in [0.15, 0.2) is 5.82 Å². The number of aryl methyl sites for hydroxylation is 1. The highest BCUT2D eigenvalue weighted by molar-refractivity contribution is 5.56. The van der Waals surface area contributed by atoms with Crippen LogP contribution in [-0.2, 0) is 12.0 Å². The SMILES string of the molecule is CCCn1ccnc1-c1cc(NC)nc(C(C)(C)C)n1. The zero-order chi connectivity index (χ0) is 14.8. The van der Waals surface area contributed by atoms with E-state index < -0.39 is 0 Å². The number of nitrogens with one attached hydrogen (secondary N) is 1. The molecule has 5 nitrogen and oxygen atoms in total. The van der Waals surface area contributed by atoms with Gasteiger partial charge in [-0.3, -0.25) is 0 Å². The second-order valence-corrected chi connectivity index (χ2v) is 5.91. The normalized spacial score (nSPS) is 11.7. The molecular formula is C15H23N5. The van der Waals surface area contributed by atoms with E-state index >= 15 is 0 Å². The van der Waals surface area contributed by atoms with Crippen molar-refractivity contribution < 1.29 is 0 Å². The summed E-state index contributed by atoms with van der Waals surface area (Å²) in [5.74, 6) is 2.55. The van der Waals surface area contributed by atoms with Gasteiger partial charge in [0.2, 0.25) is 0 Å². The summed E-state index contributed by atoms with van der Waals surface area (Å²) >= 11 is 0. The third kappa shape index (κ3) is 2.98. The van der Waals surface area contributed by atoms with Crippen molar-refractivity contribution in [3.8, 4) is 11.5 Å². The van der Waals surface area contributed by atoms with Crippen LogP contribution < -0.4 is 5.32 Å². The summed E-state index contributed by atoms with van der Waals surface area (Å²) < 4.78 is 2.13. The molecule has 5 heteroatoms. The fourth-order valence-electron chi connectivity index (χ4n) is 1.99. The van der Waals surface area contributed by atoms with Crippen LogP contribution in [0.3, 0.4) is 0 Å². The molecule has 0 saturated carbocycles. The van der Waals surface area contributed by atoms with Crippen molar-refractivity contribution in [1.82, 2.24) is 19.5 Å². The van der Waals surface area contributed by atoms with E-state index in [0.717, 1.165) is 36.1 Å². The Morgan fingerprint density at radius 1 is 1.25 bits per heavy atom. The highest BCUT2D eigenvalue weighted by Gasteiger charge is 2.20. The molecule has 0 saturated heterocycles. The molecule has 0 bridgehead atoms. The minimum absolute atomic E-state index is 0.0935. The Kier molecular flexibility index (Phi) is 4.06. The molecule has 2 heterocycles. The van der Waals surface area contributed by atoms with Gasteiger partial charge in [-0.1, -0.05) is 27.7 Å². The highest BCUT2D eigenvalue weighted by atomic mass is 15.1. The molecule has 0 unspecified atom stereocenters. The lowest BCUT2D eigenvalue weighted by Crippen LogP contribution is -2.17. The van der Waals surface area contributed by atoms with Crippen LogP contribution in [0.4, 0.5) is 5.82 Å². The number of imidazole rings is 1. The predicted octanol–water partition coefficient (Wildman–Crippen LogP) is 3.09. The summed E-state index contributed by atoms with van der Waals surface area (Å²) in [6.45, 7) is 9.45. The maximum absolute atomic E-state index is 4.70. The van der Waals surface area contributed by atoms with Crippen molar-refractivity contribution in [3.05, 3.63) is 24.3 Å². The quantitative estimate of drug-likeness (QED) is 0.930. The summed E-state index contributed by atoms with van der Waals surface area (Å²) in [6, 6.07) is 1.95. The van der Waals surface area contributed by atoms with Gasteiger partial charge in [0.05, 0.1) is 0 Å². The summed E-state index contributed by atoms with van der Waals surface area (Å²) in [6.07, 6.45) is 4.89. The van der Waals surface area contributed by atoms with Gasteiger partial charge < -0.3 is 9.88 Å². The molecule has 108 valence electrons. The van der Waals surface area contributed by atoms with Crippen molar-refractivity contribution in [2.45, 2.75) is 46.1 Å². The lowest BCUT2D eigenvalue weighted by Gasteiger charge is -2.18. The number of rotatable bonds is 4. The lowest BCUT2D eigenvalue weighted by atomic mass is 9.95. The average Bonchev–Trinajstić information content (AvgIpc) is 2.86. The van der Waals surface area contributed by atoms with Gasteiger partial charge in [0.25, 0.3) is 0 Å². The molecule has 2 rings (SSSR count). The Hall–Kier alpha value is -1.91. The molecule has 0 aromatic carbocycles. The molecule has 0 aliphatic heterocycles. The van der Waals surface area contributed by atoms with Gasteiger partial charge in [0.1, 0.15) is 17.3 Å². The molecule has 2 aromatic rings. The maximum atomic E-state index is 4.70. The minimum Gasteiger partial charge on any atom is -0.373 e. The second-order valence-electron chi connectivity index (χ2n) is 5.91. The van der Waals surface area contributed by atoms with Crippen molar-refractivity contribution in [2.75, 3.05) is 12.4 Å². The smallest absolute Gasteiger partial charge is 0.158 e. The summed E-state index contributed by atoms with van der Waals surface area (Å²) in [7, 11) is 1.87. The van der Waals surface area contributed by atoms with E-state index in [0.29, 0.717) is 0 Å². The van der Waals surface area contributed by atoms with Crippen LogP contribution in [0.1, 0.15) is 39.9 Å². The molecule has 0 radical (unpaired) electrons. The third-order valence-corrected chi connectivity index (χ3v) is 3.06. The Bertz CT molecular complexity index is 580. The van der Waals surface area contributed by atoms with Crippen molar-refractivity contribution in [3.63, 3.8) is 0 Å². The summed E-state index contributed by atoms with van der Waals surface area (Å²) in [4.78, 5) is 13.7. The van der Waals surface area contributed by atoms with Crippen LogP contribution in [-0.4, -0.2) is 26.6 Å². The zero-order valence-corrected chi connectivity index (χ0v) is 12.9. The second kappa shape index (κ2) is 5.61. The molecule has 0 amide bonds. The standard InChI is InChI=1S/C15H23N5/c1-6-8-20-9-7-17-13(20)11-10-12(16-5)19-14(18-11)15(2,3)4/h7,9-10H,6,8H2,1-5H3,(H,16,18,19). The first-order valence-electron chi connectivity index (χ1n) is 7.04. The first-order chi connectivity index (χ1) is 9.45. The topological polar surface area (TPSA) is 55.6 Å². The number of hydrogen-bond donors (Lipinski definition) is 1. The average molecular weight is 273 g/mol. The summed E-state index contributed by atoms with van der Waals surface area (Å²) in [5.41, 5.74) is 0.775. The van der Waals surface area contributed by atoms with Crippen LogP contribution in [0, 0.1) is 0 Å². The Balaban J connectivity index is 2.53. The van der Waals surface area contributed by atoms with E-state index in [4.69, 9.17) is 4.98 Å². The molecule has 20 heavy (non-hydrogen) atoms. The third-order valence-electron chi connectivity index (χ3n) is 3.06. The van der Waals surface area contributed by atoms with E-state index in [2.05, 4.69) is 47.5 Å². The maximum Gasteiger partial charge on any atom is 0.158 e. The molecule has 1 N–H and O–H groups in total. The van der Waals surface area contributed by atoms with Crippen LogP contribution >= 0.6 is 0 Å². The highest BCUT2D eigenvalue weighted by Crippen LogP contribution is 2.24. The zero-order valence-electron chi connectivity index (χ0n) is 12.9. The summed E-state index contributed by atoms with van der Waals surface area (Å²) in [5, 5.41) is 3.11. The Labute approximate surface area is 120 Å². The number of anilines is 1. The number of nitrogens with zero attached hydrogens (tertiary/aromatic N) is 4. The molecular weight excluding hydrogens is 250 g/mol. The van der Waals surface area contributed by atoms with Gasteiger partial charge >= 0.3 is 0 Å². The van der Waals surface area contributed by atoms with Crippen molar-refractivity contribution in [1.29, 1.82) is 0 Å². The largest absolute Gasteiger partial charge is 0.373 e. The van der Waals surface area contributed by atoms with Crippen LogP contribution in [0.2, 0.25) is 0 Å². The van der Waals surface area contributed by atoms with Gasteiger partial charge in [-0.2, -0.15) is 0 Å². The molecule has 0 spiro atoms. The van der Waals surface area contributed by atoms with Crippen LogP contribution in [0.25, 0.3) is 11.5 Å². The monoisotopic (exact) mass is 273 g/mol. The van der Waals surface area contributed by atoms with Crippen LogP contribution in [0.5, 0.6) is 0 Å². The molecule has 0 aliphatic carbocycles. The Morgan fingerprint density at radius 2 is 2.00 bits per heavy atom. The van der Waals surface area contributed by atoms with Gasteiger partial charge in [0, 0.05) is 37.5 Å². The first kappa shape index (κ1) is 14.5. The van der Waals surface area contributed by atoms with E-state index in [1.807, 2.05) is 25.5 Å². The lowest BCUT2D eigenvalue weighted by molar-refractivity contribution is 0.546. The molecule has 0 aliphatic rings. The van der Waals surface area contributed by atoms with Crippen molar-refractivity contribution >= 4 is 5.82 Å². The fourth-order valence-corrected chi connectivity index (χ4v) is 1.99. The van der Waals surface area contributed by atoms with E-state index in [-0.39, 0.29) is 5.41 Å². The minimum atomic E-state index is -0.0935. The van der Waals surface area contributed by atoms with E-state index in [1.165, 1.54) is 0 Å². The predicted molar refractivity (Wildman–Crippen MR) is 81.8 cm³/mol. The Morgan fingerprint density at radius 3 is 2.60 bits per heavy atom.